The third kappa shape index (κ3) is 4.53. The highest BCUT2D eigenvalue weighted by Gasteiger charge is 2.29. The van der Waals surface area contributed by atoms with Gasteiger partial charge in [0.15, 0.2) is 0 Å². The first-order valence-corrected chi connectivity index (χ1v) is 10.3. The van der Waals surface area contributed by atoms with Crippen molar-refractivity contribution in [3.8, 4) is 0 Å². The molecule has 2 aromatic rings. The number of nitrogens with zero attached hydrogens (tertiary/aromatic N) is 1. The maximum atomic E-state index is 12.8. The summed E-state index contributed by atoms with van der Waals surface area (Å²) in [5.41, 5.74) is 2.28. The molecule has 26 heavy (non-hydrogen) atoms. The minimum absolute atomic E-state index is 0.0223. The molecule has 1 aliphatic rings. The molecule has 1 fully saturated rings. The largest absolute Gasteiger partial charge is 0.352 e. The molecule has 0 bridgehead atoms. The molecule has 2 unspecified atom stereocenters. The Hall–Kier alpha value is -1.69. The van der Waals surface area contributed by atoms with E-state index in [-0.39, 0.29) is 11.8 Å². The number of hydrogen-bond donors (Lipinski definition) is 1. The maximum absolute atomic E-state index is 12.8. The van der Waals surface area contributed by atoms with Crippen LogP contribution in [-0.4, -0.2) is 27.5 Å². The molecule has 0 aromatic heterocycles. The van der Waals surface area contributed by atoms with E-state index in [1.807, 2.05) is 47.6 Å². The van der Waals surface area contributed by atoms with Crippen molar-refractivity contribution in [1.29, 1.82) is 0 Å². The second-order valence-corrected chi connectivity index (χ2v) is 8.41. The Morgan fingerprint density at radius 2 is 1.96 bits per heavy atom. The van der Waals surface area contributed by atoms with Crippen LogP contribution in [0.15, 0.2) is 53.4 Å². The van der Waals surface area contributed by atoms with Crippen LogP contribution in [0.25, 0.3) is 0 Å². The molecule has 4 nitrogen and oxygen atoms in total. The lowest BCUT2D eigenvalue weighted by atomic mass is 9.98. The Morgan fingerprint density at radius 1 is 1.23 bits per heavy atom. The molecule has 1 N–H and O–H groups in total. The Bertz CT molecular complexity index is 812. The van der Waals surface area contributed by atoms with Gasteiger partial charge in [-0.25, -0.2) is 8.51 Å². The van der Waals surface area contributed by atoms with Crippen molar-refractivity contribution in [3.63, 3.8) is 0 Å². The van der Waals surface area contributed by atoms with Gasteiger partial charge in [-0.2, -0.15) is 0 Å². The zero-order valence-electron chi connectivity index (χ0n) is 14.8. The number of carbonyl (C=O) groups is 1. The summed E-state index contributed by atoms with van der Waals surface area (Å²) in [5.74, 6) is -0.131. The number of rotatable bonds is 5. The van der Waals surface area contributed by atoms with E-state index in [1.165, 1.54) is 0 Å². The van der Waals surface area contributed by atoms with Crippen molar-refractivity contribution >= 4 is 28.5 Å². The number of nitrogens with one attached hydrogen (secondary N) is 1. The Balaban J connectivity index is 1.61. The highest BCUT2D eigenvalue weighted by molar-refractivity contribution is 7.82. The standard InChI is InChI=1S/C20H23ClN2O2S/c1-15-7-2-3-8-16(15)13-22-20(24)17-9-6-12-23(14-17)26(25)19-11-5-4-10-18(19)21/h2-5,7-8,10-11,17H,6,9,12-14H2,1H3,(H,22,24). The van der Waals surface area contributed by atoms with Crippen LogP contribution in [0, 0.1) is 12.8 Å². The number of piperidine rings is 1. The summed E-state index contributed by atoms with van der Waals surface area (Å²) in [6, 6.07) is 15.2. The minimum atomic E-state index is -1.34. The summed E-state index contributed by atoms with van der Waals surface area (Å²) in [4.78, 5) is 13.2. The maximum Gasteiger partial charge on any atom is 0.224 e. The van der Waals surface area contributed by atoms with Gasteiger partial charge < -0.3 is 5.32 Å². The van der Waals surface area contributed by atoms with Crippen LogP contribution in [0.4, 0.5) is 0 Å². The number of amides is 1. The first-order chi connectivity index (χ1) is 12.6. The van der Waals surface area contributed by atoms with Gasteiger partial charge in [0.2, 0.25) is 5.91 Å². The normalized spacial score (nSPS) is 19.1. The lowest BCUT2D eigenvalue weighted by Gasteiger charge is -2.31. The number of benzene rings is 2. The zero-order valence-corrected chi connectivity index (χ0v) is 16.4. The monoisotopic (exact) mass is 390 g/mol. The van der Waals surface area contributed by atoms with E-state index in [4.69, 9.17) is 11.6 Å². The smallest absolute Gasteiger partial charge is 0.224 e. The fourth-order valence-electron chi connectivity index (χ4n) is 3.17. The molecule has 2 aromatic carbocycles. The van der Waals surface area contributed by atoms with E-state index in [0.29, 0.717) is 29.6 Å². The fourth-order valence-corrected chi connectivity index (χ4v) is 4.82. The Morgan fingerprint density at radius 3 is 2.73 bits per heavy atom. The SMILES string of the molecule is Cc1ccccc1CNC(=O)C1CCCN(S(=O)c2ccccc2Cl)C1. The average Bonchev–Trinajstić information content (AvgIpc) is 2.67. The average molecular weight is 391 g/mol. The summed E-state index contributed by atoms with van der Waals surface area (Å²) < 4.78 is 14.7. The molecule has 6 heteroatoms. The predicted octanol–water partition coefficient (Wildman–Crippen LogP) is 3.70. The van der Waals surface area contributed by atoms with Gasteiger partial charge in [0, 0.05) is 19.6 Å². The highest BCUT2D eigenvalue weighted by atomic mass is 35.5. The van der Waals surface area contributed by atoms with Crippen LogP contribution >= 0.6 is 11.6 Å². The van der Waals surface area contributed by atoms with Crippen molar-refractivity contribution in [2.75, 3.05) is 13.1 Å². The molecule has 1 aliphatic heterocycles. The van der Waals surface area contributed by atoms with E-state index in [2.05, 4.69) is 5.32 Å². The van der Waals surface area contributed by atoms with E-state index in [1.54, 1.807) is 12.1 Å². The van der Waals surface area contributed by atoms with Crippen LogP contribution in [0.2, 0.25) is 5.02 Å². The molecular weight excluding hydrogens is 368 g/mol. The van der Waals surface area contributed by atoms with E-state index in [9.17, 15) is 9.00 Å². The number of halogens is 1. The summed E-state index contributed by atoms with van der Waals surface area (Å²) in [6.45, 7) is 3.75. The molecule has 2 atom stereocenters. The highest BCUT2D eigenvalue weighted by Crippen LogP contribution is 2.25. The minimum Gasteiger partial charge on any atom is -0.352 e. The second kappa shape index (κ2) is 8.80. The molecule has 138 valence electrons. The Labute approximate surface area is 162 Å². The van der Waals surface area contributed by atoms with Crippen LogP contribution in [0.5, 0.6) is 0 Å². The molecular formula is C20H23ClN2O2S. The summed E-state index contributed by atoms with van der Waals surface area (Å²) >= 11 is 6.17. The van der Waals surface area contributed by atoms with Gasteiger partial charge in [-0.15, -0.1) is 0 Å². The van der Waals surface area contributed by atoms with Crippen LogP contribution in [-0.2, 0) is 22.3 Å². The molecule has 0 spiro atoms. The van der Waals surface area contributed by atoms with E-state index in [0.717, 1.165) is 24.0 Å². The molecule has 1 saturated heterocycles. The molecule has 0 radical (unpaired) electrons. The molecule has 1 heterocycles. The van der Waals surface area contributed by atoms with Crippen molar-refractivity contribution < 1.29 is 9.00 Å². The van der Waals surface area contributed by atoms with Crippen molar-refractivity contribution in [2.45, 2.75) is 31.2 Å². The van der Waals surface area contributed by atoms with E-state index >= 15 is 0 Å². The molecule has 1 amide bonds. The van der Waals surface area contributed by atoms with Gasteiger partial charge in [0.25, 0.3) is 0 Å². The van der Waals surface area contributed by atoms with Crippen molar-refractivity contribution in [2.24, 2.45) is 5.92 Å². The van der Waals surface area contributed by atoms with Gasteiger partial charge in [0.05, 0.1) is 15.8 Å². The van der Waals surface area contributed by atoms with Crippen LogP contribution in [0.3, 0.4) is 0 Å². The predicted molar refractivity (Wildman–Crippen MR) is 105 cm³/mol. The second-order valence-electron chi connectivity index (χ2n) is 6.55. The lowest BCUT2D eigenvalue weighted by molar-refractivity contribution is -0.126. The number of aryl methyl sites for hydroxylation is 1. The number of carbonyl (C=O) groups excluding carboxylic acids is 1. The molecule has 0 aliphatic carbocycles. The third-order valence-electron chi connectivity index (χ3n) is 4.73. The topological polar surface area (TPSA) is 49.4 Å². The quantitative estimate of drug-likeness (QED) is 0.846. The van der Waals surface area contributed by atoms with Crippen molar-refractivity contribution in [1.82, 2.24) is 9.62 Å². The summed E-state index contributed by atoms with van der Waals surface area (Å²) in [7, 11) is -1.34. The van der Waals surface area contributed by atoms with Gasteiger partial charge in [-0.05, 0) is 43.0 Å². The first kappa shape index (κ1) is 19.1. The van der Waals surface area contributed by atoms with Crippen LogP contribution < -0.4 is 5.32 Å². The first-order valence-electron chi connectivity index (χ1n) is 8.80. The molecule has 0 saturated carbocycles. The molecule has 3 rings (SSSR count). The van der Waals surface area contributed by atoms with E-state index < -0.39 is 11.0 Å². The zero-order chi connectivity index (χ0) is 18.5. The number of hydrogen-bond acceptors (Lipinski definition) is 2. The van der Waals surface area contributed by atoms with Gasteiger partial charge >= 0.3 is 0 Å². The lowest BCUT2D eigenvalue weighted by Crippen LogP contribution is -2.43. The Kier molecular flexibility index (Phi) is 6.46. The fraction of sp³-hybridized carbons (Fsp3) is 0.350. The van der Waals surface area contributed by atoms with Gasteiger partial charge in [-0.1, -0.05) is 48.0 Å². The van der Waals surface area contributed by atoms with Crippen LogP contribution in [0.1, 0.15) is 24.0 Å². The summed E-state index contributed by atoms with van der Waals surface area (Å²) in [6.07, 6.45) is 1.66. The summed E-state index contributed by atoms with van der Waals surface area (Å²) in [5, 5.41) is 3.53. The van der Waals surface area contributed by atoms with Gasteiger partial charge in [-0.3, -0.25) is 4.79 Å². The van der Waals surface area contributed by atoms with Crippen molar-refractivity contribution in [3.05, 3.63) is 64.7 Å². The van der Waals surface area contributed by atoms with Gasteiger partial charge in [0.1, 0.15) is 11.0 Å². The third-order valence-corrected chi connectivity index (χ3v) is 6.70.